The van der Waals surface area contributed by atoms with Gasteiger partial charge in [0.1, 0.15) is 12.6 Å². The summed E-state index contributed by atoms with van der Waals surface area (Å²) < 4.78 is 6.02. The van der Waals surface area contributed by atoms with E-state index < -0.39 is 5.97 Å². The van der Waals surface area contributed by atoms with Gasteiger partial charge < -0.3 is 15.2 Å². The molecule has 0 aromatic heterocycles. The Balaban J connectivity index is 4.05. The molecule has 1 unspecified atom stereocenters. The molecule has 0 aliphatic rings. The fourth-order valence-electron chi connectivity index (χ4n) is 6.42. The van der Waals surface area contributed by atoms with E-state index in [4.69, 9.17) is 9.84 Å². The lowest BCUT2D eigenvalue weighted by atomic mass is 10.0. The summed E-state index contributed by atoms with van der Waals surface area (Å²) in [7, 11) is 0. The molecule has 1 atom stereocenters. The van der Waals surface area contributed by atoms with Gasteiger partial charge in [0.15, 0.2) is 0 Å². The number of carbonyl (C=O) groups excluding carboxylic acids is 2. The smallest absolute Gasteiger partial charge is 0.322 e. The van der Waals surface area contributed by atoms with Crippen molar-refractivity contribution >= 4 is 17.8 Å². The zero-order valence-corrected chi connectivity index (χ0v) is 35.1. The molecule has 0 aromatic rings. The van der Waals surface area contributed by atoms with Crippen LogP contribution in [-0.2, 0) is 19.1 Å². The average Bonchev–Trinajstić information content (AvgIpc) is 3.16. The molecule has 310 valence electrons. The second-order valence-electron chi connectivity index (χ2n) is 14.9. The van der Waals surface area contributed by atoms with Gasteiger partial charge in [-0.2, -0.15) is 0 Å². The van der Waals surface area contributed by atoms with Crippen molar-refractivity contribution in [1.29, 1.82) is 0 Å². The highest BCUT2D eigenvalue weighted by atomic mass is 16.5. The molecule has 0 fully saturated rings. The Morgan fingerprint density at radius 2 is 0.907 bits per heavy atom. The molecule has 6 heteroatoms. The molecular formula is C48H83NO5. The third-order valence-corrected chi connectivity index (χ3v) is 9.70. The van der Waals surface area contributed by atoms with Gasteiger partial charge in [0.2, 0.25) is 5.91 Å². The Morgan fingerprint density at radius 1 is 0.500 bits per heavy atom. The molecule has 0 aliphatic carbocycles. The fourth-order valence-corrected chi connectivity index (χ4v) is 6.42. The van der Waals surface area contributed by atoms with Gasteiger partial charge in [-0.25, -0.2) is 0 Å². The number of aliphatic carboxylic acids is 1. The van der Waals surface area contributed by atoms with Crippen molar-refractivity contribution in [1.82, 2.24) is 5.32 Å². The number of rotatable bonds is 40. The molecule has 54 heavy (non-hydrogen) atoms. The van der Waals surface area contributed by atoms with Crippen LogP contribution in [0.2, 0.25) is 0 Å². The third kappa shape index (κ3) is 41.9. The van der Waals surface area contributed by atoms with Gasteiger partial charge >= 0.3 is 11.9 Å². The van der Waals surface area contributed by atoms with Gasteiger partial charge in [0.05, 0.1) is 0 Å². The minimum atomic E-state index is -1.02. The van der Waals surface area contributed by atoms with E-state index in [1.807, 2.05) is 0 Å². The number of allylic oxidation sites excluding steroid dienone is 10. The summed E-state index contributed by atoms with van der Waals surface area (Å²) in [6.07, 6.45) is 56.3. The number of nitrogens with one attached hydrogen (secondary N) is 1. The number of ether oxygens (including phenoxy) is 1. The number of esters is 1. The summed E-state index contributed by atoms with van der Waals surface area (Å²) in [5, 5.41) is 11.1. The van der Waals surface area contributed by atoms with Crippen LogP contribution < -0.4 is 5.32 Å². The molecule has 0 aliphatic heterocycles. The first-order valence-corrected chi connectivity index (χ1v) is 22.4. The Bertz CT molecular complexity index is 1010. The first kappa shape index (κ1) is 51.1. The Hall–Kier alpha value is -2.89. The predicted molar refractivity (Wildman–Crippen MR) is 231 cm³/mol. The van der Waals surface area contributed by atoms with Gasteiger partial charge in [-0.3, -0.25) is 14.4 Å². The van der Waals surface area contributed by atoms with Crippen LogP contribution in [0.1, 0.15) is 213 Å². The minimum Gasteiger partial charge on any atom is -0.480 e. The molecule has 0 saturated carbocycles. The van der Waals surface area contributed by atoms with Crippen LogP contribution >= 0.6 is 0 Å². The van der Waals surface area contributed by atoms with Gasteiger partial charge in [0, 0.05) is 12.8 Å². The maximum atomic E-state index is 12.7. The average molecular weight is 754 g/mol. The normalized spacial score (nSPS) is 12.6. The number of hydrogen-bond donors (Lipinski definition) is 2. The van der Waals surface area contributed by atoms with E-state index in [1.54, 1.807) is 0 Å². The summed E-state index contributed by atoms with van der Waals surface area (Å²) in [5.74, 6) is -1.24. The Kier molecular flexibility index (Phi) is 40.6. The van der Waals surface area contributed by atoms with Crippen LogP contribution in [0, 0.1) is 0 Å². The highest BCUT2D eigenvalue weighted by molar-refractivity contribution is 5.80. The van der Waals surface area contributed by atoms with Crippen molar-refractivity contribution in [3.63, 3.8) is 0 Å². The van der Waals surface area contributed by atoms with Crippen molar-refractivity contribution in [2.24, 2.45) is 0 Å². The summed E-state index contributed by atoms with van der Waals surface area (Å²) >= 11 is 0. The molecule has 0 saturated heterocycles. The van der Waals surface area contributed by atoms with Gasteiger partial charge in [0.25, 0.3) is 0 Å². The summed E-state index contributed by atoms with van der Waals surface area (Å²) in [4.78, 5) is 35.0. The molecule has 1 amide bonds. The van der Waals surface area contributed by atoms with Gasteiger partial charge in [-0.1, -0.05) is 177 Å². The second kappa shape index (κ2) is 42.8. The van der Waals surface area contributed by atoms with E-state index in [2.05, 4.69) is 79.9 Å². The Morgan fingerprint density at radius 3 is 1.39 bits per heavy atom. The number of hydrogen-bond acceptors (Lipinski definition) is 4. The molecule has 0 spiro atoms. The third-order valence-electron chi connectivity index (χ3n) is 9.70. The second-order valence-corrected chi connectivity index (χ2v) is 14.9. The van der Waals surface area contributed by atoms with Crippen molar-refractivity contribution in [2.45, 2.75) is 219 Å². The summed E-state index contributed by atoms with van der Waals surface area (Å²) in [6, 6.07) is 0. The first-order valence-electron chi connectivity index (χ1n) is 22.4. The molecule has 0 heterocycles. The van der Waals surface area contributed by atoms with Crippen LogP contribution in [0.4, 0.5) is 0 Å². The number of amides is 1. The van der Waals surface area contributed by atoms with Crippen LogP contribution in [0.5, 0.6) is 0 Å². The zero-order chi connectivity index (χ0) is 39.4. The topological polar surface area (TPSA) is 92.7 Å². The van der Waals surface area contributed by atoms with E-state index in [1.165, 1.54) is 83.5 Å². The van der Waals surface area contributed by atoms with Gasteiger partial charge in [-0.05, 0) is 83.5 Å². The molecule has 2 N–H and O–H groups in total. The number of carbonyl (C=O) groups is 3. The molecular weight excluding hydrogens is 671 g/mol. The molecule has 6 nitrogen and oxygen atoms in total. The fraction of sp³-hybridized carbons (Fsp3) is 0.729. The van der Waals surface area contributed by atoms with Crippen LogP contribution in [0.3, 0.4) is 0 Å². The van der Waals surface area contributed by atoms with E-state index in [0.717, 1.165) is 103 Å². The van der Waals surface area contributed by atoms with Crippen LogP contribution in [0.25, 0.3) is 0 Å². The van der Waals surface area contributed by atoms with E-state index >= 15 is 0 Å². The van der Waals surface area contributed by atoms with Crippen LogP contribution in [-0.4, -0.2) is 35.6 Å². The number of carboxylic acid groups (broad SMARTS) is 1. The SMILES string of the molecule is CC/C=C\C/C=C\C/C=C\C/C=C\C/C=C\CCCCCCCCCC(=O)OC(CCCCCCCCCCC)CCCCCCCC(=O)NCC(=O)O. The van der Waals surface area contributed by atoms with E-state index in [9.17, 15) is 14.4 Å². The molecule has 0 rings (SSSR count). The maximum absolute atomic E-state index is 12.7. The number of carboxylic acids is 1. The van der Waals surface area contributed by atoms with Crippen molar-refractivity contribution in [3.8, 4) is 0 Å². The Labute approximate surface area is 332 Å². The van der Waals surface area contributed by atoms with Gasteiger partial charge in [-0.15, -0.1) is 0 Å². The quantitative estimate of drug-likeness (QED) is 0.0369. The van der Waals surface area contributed by atoms with Crippen molar-refractivity contribution in [3.05, 3.63) is 60.8 Å². The van der Waals surface area contributed by atoms with Crippen molar-refractivity contribution < 1.29 is 24.2 Å². The molecule has 0 aromatic carbocycles. The lowest BCUT2D eigenvalue weighted by Gasteiger charge is -2.18. The number of unbranched alkanes of at least 4 members (excludes halogenated alkanes) is 19. The van der Waals surface area contributed by atoms with Crippen molar-refractivity contribution in [2.75, 3.05) is 6.54 Å². The maximum Gasteiger partial charge on any atom is 0.322 e. The highest BCUT2D eigenvalue weighted by Crippen LogP contribution is 2.19. The summed E-state index contributed by atoms with van der Waals surface area (Å²) in [5.41, 5.74) is 0. The lowest BCUT2D eigenvalue weighted by molar-refractivity contribution is -0.150. The lowest BCUT2D eigenvalue weighted by Crippen LogP contribution is -2.28. The monoisotopic (exact) mass is 754 g/mol. The standard InChI is InChI=1S/C48H83NO5/c1-3-5-7-9-11-13-14-15-16-17-18-19-20-21-22-23-24-25-26-28-30-35-39-43-48(53)54-45(40-36-32-29-27-12-10-8-6-4-2)41-37-33-31-34-38-42-46(50)49-44-47(51)52/h5,7,11,13,15-16,18-19,21-22,45H,3-4,6,8-10,12,14,17,20,23-44H2,1-2H3,(H,49,50)(H,51,52)/b7-5-,13-11-,16-15-,19-18-,22-21-. The summed E-state index contributed by atoms with van der Waals surface area (Å²) in [6.45, 7) is 4.11. The molecule has 0 radical (unpaired) electrons. The minimum absolute atomic E-state index is 0.0202. The highest BCUT2D eigenvalue weighted by Gasteiger charge is 2.14. The van der Waals surface area contributed by atoms with E-state index in [0.29, 0.717) is 12.8 Å². The molecule has 0 bridgehead atoms. The van der Waals surface area contributed by atoms with E-state index in [-0.39, 0.29) is 24.5 Å². The largest absolute Gasteiger partial charge is 0.480 e. The first-order chi connectivity index (χ1) is 26.5. The zero-order valence-electron chi connectivity index (χ0n) is 35.1. The predicted octanol–water partition coefficient (Wildman–Crippen LogP) is 14.0. The van der Waals surface area contributed by atoms with Crippen LogP contribution in [0.15, 0.2) is 60.8 Å².